The van der Waals surface area contributed by atoms with Crippen molar-refractivity contribution >= 4 is 26.0 Å². The van der Waals surface area contributed by atoms with Gasteiger partial charge < -0.3 is 0 Å². The topological polar surface area (TPSA) is 70.0 Å². The molecule has 0 heterocycles. The monoisotopic (exact) mass is 316 g/mol. The average Bonchev–Trinajstić information content (AvgIpc) is 2.29. The van der Waals surface area contributed by atoms with Gasteiger partial charge in [0, 0.05) is 17.4 Å². The maximum Gasteiger partial charge on any atom is 0.240 e. The van der Waals surface area contributed by atoms with Gasteiger partial charge in [0.25, 0.3) is 0 Å². The van der Waals surface area contributed by atoms with Gasteiger partial charge in [-0.3, -0.25) is 0 Å². The second-order valence-electron chi connectivity index (χ2n) is 3.47. The molecule has 0 unspecified atom stereocenters. The molecule has 17 heavy (non-hydrogen) atoms. The minimum absolute atomic E-state index is 0.243. The van der Waals surface area contributed by atoms with E-state index in [2.05, 4.69) is 20.7 Å². The molecule has 0 aliphatic heterocycles. The summed E-state index contributed by atoms with van der Waals surface area (Å²) in [4.78, 5) is 0.243. The Morgan fingerprint density at radius 3 is 2.76 bits per heavy atom. The van der Waals surface area contributed by atoms with Crippen LogP contribution in [0, 0.1) is 11.3 Å². The third-order valence-electron chi connectivity index (χ3n) is 2.11. The van der Waals surface area contributed by atoms with E-state index in [1.807, 2.05) is 6.07 Å². The van der Waals surface area contributed by atoms with Crippen LogP contribution in [-0.4, -0.2) is 15.0 Å². The molecule has 0 amide bonds. The molecule has 0 bridgehead atoms. The predicted octanol–water partition coefficient (Wildman–Crippen LogP) is 2.42. The molecule has 0 spiro atoms. The minimum atomic E-state index is -3.43. The summed E-state index contributed by atoms with van der Waals surface area (Å²) in [5.74, 6) is 0. The molecule has 0 atom stereocenters. The fourth-order valence-electron chi connectivity index (χ4n) is 1.25. The highest BCUT2D eigenvalue weighted by atomic mass is 79.9. The molecule has 1 aromatic rings. The van der Waals surface area contributed by atoms with Gasteiger partial charge in [0.05, 0.1) is 11.0 Å². The molecule has 0 saturated carbocycles. The first kappa shape index (κ1) is 14.2. The van der Waals surface area contributed by atoms with Crippen LogP contribution in [0.4, 0.5) is 0 Å². The lowest BCUT2D eigenvalue weighted by molar-refractivity contribution is 0.577. The maximum absolute atomic E-state index is 11.8. The van der Waals surface area contributed by atoms with Crippen molar-refractivity contribution in [2.45, 2.75) is 24.2 Å². The molecule has 0 radical (unpaired) electrons. The average molecular weight is 317 g/mol. The molecule has 92 valence electrons. The number of benzene rings is 1. The lowest BCUT2D eigenvalue weighted by atomic mass is 10.2. The molecule has 0 saturated heterocycles. The van der Waals surface area contributed by atoms with E-state index in [4.69, 9.17) is 5.26 Å². The van der Waals surface area contributed by atoms with Crippen LogP contribution in [0.25, 0.3) is 0 Å². The van der Waals surface area contributed by atoms with E-state index < -0.39 is 10.0 Å². The Balaban J connectivity index is 2.55. The van der Waals surface area contributed by atoms with Gasteiger partial charge in [0.1, 0.15) is 0 Å². The van der Waals surface area contributed by atoms with Gasteiger partial charge >= 0.3 is 0 Å². The number of halogens is 1. The highest BCUT2D eigenvalue weighted by Gasteiger charge is 2.12. The summed E-state index contributed by atoms with van der Waals surface area (Å²) in [5, 5.41) is 8.34. The SMILES string of the molecule is N#CCCCCNS(=O)(=O)c1cccc(Br)c1. The summed E-state index contributed by atoms with van der Waals surface area (Å²) in [6, 6.07) is 8.56. The number of hydrogen-bond donors (Lipinski definition) is 1. The number of nitrogens with one attached hydrogen (secondary N) is 1. The lowest BCUT2D eigenvalue weighted by Crippen LogP contribution is -2.24. The largest absolute Gasteiger partial charge is 0.240 e. The van der Waals surface area contributed by atoms with Gasteiger partial charge in [-0.1, -0.05) is 22.0 Å². The van der Waals surface area contributed by atoms with Crippen molar-refractivity contribution in [3.63, 3.8) is 0 Å². The Morgan fingerprint density at radius 1 is 1.35 bits per heavy atom. The maximum atomic E-state index is 11.8. The van der Waals surface area contributed by atoms with Gasteiger partial charge in [-0.15, -0.1) is 0 Å². The van der Waals surface area contributed by atoms with Crippen LogP contribution >= 0.6 is 15.9 Å². The van der Waals surface area contributed by atoms with E-state index >= 15 is 0 Å². The lowest BCUT2D eigenvalue weighted by Gasteiger charge is -2.06. The summed E-state index contributed by atoms with van der Waals surface area (Å²) in [5.41, 5.74) is 0. The van der Waals surface area contributed by atoms with E-state index in [-0.39, 0.29) is 4.90 Å². The molecule has 0 aliphatic carbocycles. The second-order valence-corrected chi connectivity index (χ2v) is 6.15. The van der Waals surface area contributed by atoms with Crippen molar-refractivity contribution in [1.29, 1.82) is 5.26 Å². The number of sulfonamides is 1. The zero-order valence-electron chi connectivity index (χ0n) is 9.19. The van der Waals surface area contributed by atoms with Crippen molar-refractivity contribution in [3.8, 4) is 6.07 Å². The molecule has 4 nitrogen and oxygen atoms in total. The first-order chi connectivity index (χ1) is 8.06. The van der Waals surface area contributed by atoms with E-state index in [1.54, 1.807) is 24.3 Å². The standard InChI is InChI=1S/C11H13BrN2O2S/c12-10-5-4-6-11(9-10)17(15,16)14-8-3-1-2-7-13/h4-6,9,14H,1-3,8H2. The van der Waals surface area contributed by atoms with E-state index in [0.717, 1.165) is 4.47 Å². The van der Waals surface area contributed by atoms with E-state index in [1.165, 1.54) is 0 Å². The Morgan fingerprint density at radius 2 is 2.12 bits per heavy atom. The Kier molecular flexibility index (Phi) is 5.62. The van der Waals surface area contributed by atoms with Crippen LogP contribution in [0.2, 0.25) is 0 Å². The first-order valence-corrected chi connectivity index (χ1v) is 7.46. The fourth-order valence-corrected chi connectivity index (χ4v) is 2.92. The quantitative estimate of drug-likeness (QED) is 0.819. The van der Waals surface area contributed by atoms with Crippen molar-refractivity contribution in [2.24, 2.45) is 0 Å². The Labute approximate surface area is 110 Å². The second kappa shape index (κ2) is 6.74. The number of nitrogens with zero attached hydrogens (tertiary/aromatic N) is 1. The number of nitriles is 1. The van der Waals surface area contributed by atoms with Crippen molar-refractivity contribution < 1.29 is 8.42 Å². The minimum Gasteiger partial charge on any atom is -0.211 e. The van der Waals surface area contributed by atoms with Gasteiger partial charge in [-0.05, 0) is 31.0 Å². The van der Waals surface area contributed by atoms with Crippen LogP contribution in [-0.2, 0) is 10.0 Å². The smallest absolute Gasteiger partial charge is 0.211 e. The third-order valence-corrected chi connectivity index (χ3v) is 4.07. The van der Waals surface area contributed by atoms with E-state index in [9.17, 15) is 8.42 Å². The first-order valence-electron chi connectivity index (χ1n) is 5.18. The van der Waals surface area contributed by atoms with Crippen LogP contribution in [0.1, 0.15) is 19.3 Å². The molecule has 1 rings (SSSR count). The number of unbranched alkanes of at least 4 members (excludes halogenated alkanes) is 2. The molecule has 0 aromatic heterocycles. The van der Waals surface area contributed by atoms with Gasteiger partial charge in [0.2, 0.25) is 10.0 Å². The molecule has 6 heteroatoms. The van der Waals surface area contributed by atoms with Crippen LogP contribution < -0.4 is 4.72 Å². The number of rotatable bonds is 6. The van der Waals surface area contributed by atoms with Crippen LogP contribution in [0.3, 0.4) is 0 Å². The third kappa shape index (κ3) is 4.86. The summed E-state index contributed by atoms with van der Waals surface area (Å²) >= 11 is 3.23. The summed E-state index contributed by atoms with van der Waals surface area (Å²) < 4.78 is 26.9. The number of hydrogen-bond acceptors (Lipinski definition) is 3. The highest BCUT2D eigenvalue weighted by molar-refractivity contribution is 9.10. The molecule has 0 aliphatic rings. The molecule has 1 aromatic carbocycles. The van der Waals surface area contributed by atoms with E-state index in [0.29, 0.717) is 25.8 Å². The molecule has 1 N–H and O–H groups in total. The summed E-state index contributed by atoms with van der Waals surface area (Å²) in [6.07, 6.45) is 1.83. The zero-order valence-corrected chi connectivity index (χ0v) is 11.6. The molecular formula is C11H13BrN2O2S. The van der Waals surface area contributed by atoms with Crippen LogP contribution in [0.5, 0.6) is 0 Å². The van der Waals surface area contributed by atoms with Crippen LogP contribution in [0.15, 0.2) is 33.6 Å². The highest BCUT2D eigenvalue weighted by Crippen LogP contribution is 2.15. The zero-order chi connectivity index (χ0) is 12.7. The van der Waals surface area contributed by atoms with Gasteiger partial charge in [-0.2, -0.15) is 5.26 Å². The predicted molar refractivity (Wildman–Crippen MR) is 68.8 cm³/mol. The Hall–Kier alpha value is -0.900. The normalized spacial score (nSPS) is 11.1. The fraction of sp³-hybridized carbons (Fsp3) is 0.364. The van der Waals surface area contributed by atoms with Gasteiger partial charge in [-0.25, -0.2) is 13.1 Å². The van der Waals surface area contributed by atoms with Gasteiger partial charge in [0.15, 0.2) is 0 Å². The molecule has 0 fully saturated rings. The van der Waals surface area contributed by atoms with Crippen molar-refractivity contribution in [2.75, 3.05) is 6.54 Å². The van der Waals surface area contributed by atoms with Crippen molar-refractivity contribution in [1.82, 2.24) is 4.72 Å². The summed E-state index contributed by atoms with van der Waals surface area (Å²) in [6.45, 7) is 0.358. The van der Waals surface area contributed by atoms with Crippen molar-refractivity contribution in [3.05, 3.63) is 28.7 Å². The summed E-state index contributed by atoms with van der Waals surface area (Å²) in [7, 11) is -3.43. The Bertz CT molecular complexity index is 508. The molecular weight excluding hydrogens is 304 g/mol.